The maximum absolute atomic E-state index is 13.4. The molecule has 1 atom stereocenters. The molecule has 0 spiro atoms. The van der Waals surface area contributed by atoms with Crippen LogP contribution in [0, 0.1) is 12.7 Å². The molecule has 2 amide bonds. The maximum atomic E-state index is 13.4. The van der Waals surface area contributed by atoms with Crippen LogP contribution < -0.4 is 10.6 Å². The molecule has 1 aromatic heterocycles. The van der Waals surface area contributed by atoms with Crippen LogP contribution in [0.1, 0.15) is 36.3 Å². The number of benzene rings is 2. The number of phenols is 1. The summed E-state index contributed by atoms with van der Waals surface area (Å²) in [6.45, 7) is 4.22. The second kappa shape index (κ2) is 8.12. The second-order valence-corrected chi connectivity index (χ2v) is 6.62. The van der Waals surface area contributed by atoms with Crippen LogP contribution in [0.3, 0.4) is 0 Å². The van der Waals surface area contributed by atoms with E-state index >= 15 is 0 Å². The van der Waals surface area contributed by atoms with Gasteiger partial charge in [-0.1, -0.05) is 12.1 Å². The summed E-state index contributed by atoms with van der Waals surface area (Å²) in [5.74, 6) is 0.550. The number of hydrogen-bond acceptors (Lipinski definition) is 3. The van der Waals surface area contributed by atoms with Gasteiger partial charge in [0, 0.05) is 17.5 Å². The fraction of sp³-hybridized carbons (Fsp3) is 0.286. The first-order chi connectivity index (χ1) is 12.9. The second-order valence-electron chi connectivity index (χ2n) is 6.62. The van der Waals surface area contributed by atoms with Gasteiger partial charge in [0.1, 0.15) is 22.9 Å². The van der Waals surface area contributed by atoms with Crippen molar-refractivity contribution in [2.24, 2.45) is 0 Å². The predicted octanol–water partition coefficient (Wildman–Crippen LogP) is 4.58. The third-order valence-corrected chi connectivity index (χ3v) is 4.54. The van der Waals surface area contributed by atoms with E-state index in [1.807, 2.05) is 26.0 Å². The molecule has 3 rings (SSSR count). The number of amides is 2. The van der Waals surface area contributed by atoms with Crippen molar-refractivity contribution in [1.29, 1.82) is 0 Å². The van der Waals surface area contributed by atoms with Gasteiger partial charge in [0.25, 0.3) is 0 Å². The normalized spacial score (nSPS) is 12.1. The first-order valence-corrected chi connectivity index (χ1v) is 8.95. The summed E-state index contributed by atoms with van der Waals surface area (Å²) >= 11 is 0. The van der Waals surface area contributed by atoms with E-state index in [1.165, 1.54) is 12.1 Å². The van der Waals surface area contributed by atoms with Crippen molar-refractivity contribution < 1.29 is 18.7 Å². The lowest BCUT2D eigenvalue weighted by Gasteiger charge is -2.13. The number of aromatic hydroxyl groups is 1. The molecule has 6 heteroatoms. The average molecular weight is 370 g/mol. The lowest BCUT2D eigenvalue weighted by Crippen LogP contribution is -2.37. The van der Waals surface area contributed by atoms with Crippen LogP contribution in [0.4, 0.5) is 9.18 Å². The molecule has 27 heavy (non-hydrogen) atoms. The topological polar surface area (TPSA) is 74.5 Å². The van der Waals surface area contributed by atoms with Gasteiger partial charge >= 0.3 is 6.03 Å². The van der Waals surface area contributed by atoms with Gasteiger partial charge < -0.3 is 20.2 Å². The van der Waals surface area contributed by atoms with Crippen molar-refractivity contribution in [2.45, 2.75) is 32.7 Å². The lowest BCUT2D eigenvalue weighted by atomic mass is 10.1. The largest absolute Gasteiger partial charge is 0.508 e. The molecule has 2 aromatic carbocycles. The minimum Gasteiger partial charge on any atom is -0.508 e. The molecule has 0 fully saturated rings. The number of rotatable bonds is 6. The third kappa shape index (κ3) is 4.58. The van der Waals surface area contributed by atoms with Crippen molar-refractivity contribution in [2.75, 3.05) is 6.54 Å². The lowest BCUT2D eigenvalue weighted by molar-refractivity contribution is 0.236. The zero-order chi connectivity index (χ0) is 19.4. The van der Waals surface area contributed by atoms with Gasteiger partial charge in [-0.25, -0.2) is 9.18 Å². The van der Waals surface area contributed by atoms with Crippen molar-refractivity contribution in [3.63, 3.8) is 0 Å². The number of nitrogens with one attached hydrogen (secondary N) is 2. The quantitative estimate of drug-likeness (QED) is 0.556. The Morgan fingerprint density at radius 2 is 1.96 bits per heavy atom. The standard InChI is InChI=1S/C21H23FN2O3/c1-13-18-12-16(22)7-10-19(18)27-20(13)14(2)24-21(26)23-11-3-4-15-5-8-17(25)9-6-15/h5-10,12,14,25H,3-4,11H2,1-2H3,(H2,23,24,26). The molecule has 1 unspecified atom stereocenters. The highest BCUT2D eigenvalue weighted by Crippen LogP contribution is 2.29. The summed E-state index contributed by atoms with van der Waals surface area (Å²) in [6, 6.07) is 10.8. The Kier molecular flexibility index (Phi) is 5.64. The number of furan rings is 1. The molecule has 5 nitrogen and oxygen atoms in total. The molecule has 0 bridgehead atoms. The number of fused-ring (bicyclic) bond motifs is 1. The molecule has 0 aliphatic rings. The first kappa shape index (κ1) is 18.8. The first-order valence-electron chi connectivity index (χ1n) is 8.95. The van der Waals surface area contributed by atoms with E-state index in [0.717, 1.165) is 24.0 Å². The predicted molar refractivity (Wildman–Crippen MR) is 102 cm³/mol. The summed E-state index contributed by atoms with van der Waals surface area (Å²) in [5, 5.41) is 15.7. The number of aryl methyl sites for hydroxylation is 2. The van der Waals surface area contributed by atoms with E-state index < -0.39 is 0 Å². The summed E-state index contributed by atoms with van der Waals surface area (Å²) in [4.78, 5) is 12.1. The molecule has 3 aromatic rings. The Balaban J connectivity index is 1.50. The third-order valence-electron chi connectivity index (χ3n) is 4.54. The summed E-state index contributed by atoms with van der Waals surface area (Å²) in [6.07, 6.45) is 1.60. The molecule has 1 heterocycles. The molecule has 0 saturated heterocycles. The highest BCUT2D eigenvalue weighted by molar-refractivity contribution is 5.82. The molecule has 3 N–H and O–H groups in total. The van der Waals surface area contributed by atoms with Gasteiger partial charge in [0.15, 0.2) is 0 Å². The molecule has 0 aliphatic carbocycles. The van der Waals surface area contributed by atoms with Crippen molar-refractivity contribution in [1.82, 2.24) is 10.6 Å². The average Bonchev–Trinajstić information content (AvgIpc) is 2.97. The van der Waals surface area contributed by atoms with Crippen molar-refractivity contribution in [3.05, 3.63) is 65.2 Å². The fourth-order valence-electron chi connectivity index (χ4n) is 3.10. The van der Waals surface area contributed by atoms with Crippen LogP contribution in [-0.2, 0) is 6.42 Å². The summed E-state index contributed by atoms with van der Waals surface area (Å²) in [5.41, 5.74) is 2.53. The van der Waals surface area contributed by atoms with Gasteiger partial charge in [-0.05, 0) is 62.6 Å². The van der Waals surface area contributed by atoms with Crippen LogP contribution in [-0.4, -0.2) is 17.7 Å². The Hall–Kier alpha value is -3.02. The zero-order valence-electron chi connectivity index (χ0n) is 15.4. The monoisotopic (exact) mass is 370 g/mol. The molecule has 0 aliphatic heterocycles. The number of urea groups is 1. The highest BCUT2D eigenvalue weighted by atomic mass is 19.1. The Morgan fingerprint density at radius 1 is 1.22 bits per heavy atom. The number of carbonyl (C=O) groups excluding carboxylic acids is 1. The van der Waals surface area contributed by atoms with Gasteiger partial charge in [-0.3, -0.25) is 0 Å². The molecular formula is C21H23FN2O3. The van der Waals surface area contributed by atoms with Crippen molar-refractivity contribution in [3.8, 4) is 5.75 Å². The Labute approximate surface area is 157 Å². The molecule has 0 saturated carbocycles. The van der Waals surface area contributed by atoms with E-state index in [2.05, 4.69) is 10.6 Å². The number of phenolic OH excluding ortho intramolecular Hbond substituents is 1. The van der Waals surface area contributed by atoms with E-state index in [-0.39, 0.29) is 23.6 Å². The minimum atomic E-state index is -0.336. The highest BCUT2D eigenvalue weighted by Gasteiger charge is 2.18. The minimum absolute atomic E-state index is 0.244. The smallest absolute Gasteiger partial charge is 0.315 e. The molecule has 142 valence electrons. The number of carbonyl (C=O) groups is 1. The fourth-order valence-corrected chi connectivity index (χ4v) is 3.10. The maximum Gasteiger partial charge on any atom is 0.315 e. The Bertz CT molecular complexity index is 934. The van der Waals surface area contributed by atoms with Gasteiger partial charge in [-0.15, -0.1) is 0 Å². The van der Waals surface area contributed by atoms with Crippen LogP contribution in [0.2, 0.25) is 0 Å². The van der Waals surface area contributed by atoms with E-state index in [1.54, 1.807) is 18.2 Å². The van der Waals surface area contributed by atoms with Crippen LogP contribution in [0.15, 0.2) is 46.9 Å². The van der Waals surface area contributed by atoms with E-state index in [0.29, 0.717) is 23.3 Å². The van der Waals surface area contributed by atoms with Crippen LogP contribution >= 0.6 is 0 Å². The zero-order valence-corrected chi connectivity index (χ0v) is 15.4. The van der Waals surface area contributed by atoms with Gasteiger partial charge in [0.2, 0.25) is 0 Å². The van der Waals surface area contributed by atoms with Crippen LogP contribution in [0.25, 0.3) is 11.0 Å². The van der Waals surface area contributed by atoms with Crippen LogP contribution in [0.5, 0.6) is 5.75 Å². The SMILES string of the molecule is Cc1c(C(C)NC(=O)NCCCc2ccc(O)cc2)oc2ccc(F)cc12. The summed E-state index contributed by atoms with van der Waals surface area (Å²) < 4.78 is 19.2. The van der Waals surface area contributed by atoms with E-state index in [9.17, 15) is 14.3 Å². The summed E-state index contributed by atoms with van der Waals surface area (Å²) in [7, 11) is 0. The Morgan fingerprint density at radius 3 is 2.70 bits per heavy atom. The van der Waals surface area contributed by atoms with Crippen molar-refractivity contribution >= 4 is 17.0 Å². The van der Waals surface area contributed by atoms with Gasteiger partial charge in [-0.2, -0.15) is 0 Å². The van der Waals surface area contributed by atoms with Gasteiger partial charge in [0.05, 0.1) is 6.04 Å². The number of halogens is 1. The number of hydrogen-bond donors (Lipinski definition) is 3. The molecular weight excluding hydrogens is 347 g/mol. The van der Waals surface area contributed by atoms with E-state index in [4.69, 9.17) is 4.42 Å². The molecule has 0 radical (unpaired) electrons.